The van der Waals surface area contributed by atoms with Crippen molar-refractivity contribution in [3.05, 3.63) is 53.6 Å². The minimum absolute atomic E-state index is 0.225. The van der Waals surface area contributed by atoms with Gasteiger partial charge in [0.05, 0.1) is 25.6 Å². The predicted molar refractivity (Wildman–Crippen MR) is 110 cm³/mol. The molecule has 0 spiro atoms. The molecule has 152 valence electrons. The molecule has 0 radical (unpaired) electrons. The normalized spacial score (nSPS) is 12.1. The van der Waals surface area contributed by atoms with Gasteiger partial charge in [0.1, 0.15) is 24.1 Å². The third-order valence-corrected chi connectivity index (χ3v) is 5.36. The average Bonchev–Trinajstić information content (AvgIpc) is 2.64. The molecule has 2 aromatic rings. The van der Waals surface area contributed by atoms with E-state index in [2.05, 4.69) is 5.32 Å². The summed E-state index contributed by atoms with van der Waals surface area (Å²) >= 11 is 5.96. The Hall–Kier alpha value is -2.45. The molecule has 0 bridgehead atoms. The van der Waals surface area contributed by atoms with E-state index in [0.717, 1.165) is 16.3 Å². The number of methoxy groups -OCH3 is 1. The fraction of sp³-hybridized carbons (Fsp3) is 0.316. The number of halogens is 1. The first-order chi connectivity index (χ1) is 13.2. The zero-order valence-electron chi connectivity index (χ0n) is 15.9. The maximum absolute atomic E-state index is 12.5. The van der Waals surface area contributed by atoms with Gasteiger partial charge in [-0.2, -0.15) is 0 Å². The van der Waals surface area contributed by atoms with Crippen molar-refractivity contribution in [3.63, 3.8) is 0 Å². The van der Waals surface area contributed by atoms with E-state index in [0.29, 0.717) is 16.5 Å². The molecule has 1 N–H and O–H groups in total. The Morgan fingerprint density at radius 3 is 2.39 bits per heavy atom. The molecule has 0 aliphatic heterocycles. The molecule has 0 heterocycles. The lowest BCUT2D eigenvalue weighted by molar-refractivity contribution is -0.121. The zero-order chi connectivity index (χ0) is 20.7. The SMILES string of the molecule is COc1ccc(OCCNC(=O)[C@H](C)N(c2cccc(Cl)c2)S(C)(=O)=O)cc1. The number of amides is 1. The summed E-state index contributed by atoms with van der Waals surface area (Å²) in [4.78, 5) is 12.5. The Labute approximate surface area is 170 Å². The molecule has 1 atom stereocenters. The third-order valence-electron chi connectivity index (χ3n) is 3.88. The Morgan fingerprint density at radius 2 is 1.82 bits per heavy atom. The number of anilines is 1. The monoisotopic (exact) mass is 426 g/mol. The molecule has 2 aromatic carbocycles. The van der Waals surface area contributed by atoms with Crippen LogP contribution in [0.4, 0.5) is 5.69 Å². The minimum Gasteiger partial charge on any atom is -0.497 e. The molecule has 0 aromatic heterocycles. The topological polar surface area (TPSA) is 84.9 Å². The molecular weight excluding hydrogens is 404 g/mol. The van der Waals surface area contributed by atoms with E-state index in [1.54, 1.807) is 49.6 Å². The summed E-state index contributed by atoms with van der Waals surface area (Å²) in [6.45, 7) is 1.98. The highest BCUT2D eigenvalue weighted by Crippen LogP contribution is 2.24. The van der Waals surface area contributed by atoms with E-state index in [4.69, 9.17) is 21.1 Å². The third kappa shape index (κ3) is 6.03. The van der Waals surface area contributed by atoms with Crippen LogP contribution >= 0.6 is 11.6 Å². The maximum atomic E-state index is 12.5. The number of carbonyl (C=O) groups excluding carboxylic acids is 1. The fourth-order valence-corrected chi connectivity index (χ4v) is 3.94. The summed E-state index contributed by atoms with van der Waals surface area (Å²) < 4.78 is 36.1. The van der Waals surface area contributed by atoms with Crippen LogP contribution in [-0.2, 0) is 14.8 Å². The smallest absolute Gasteiger partial charge is 0.243 e. The standard InChI is InChI=1S/C19H23ClN2O5S/c1-14(22(28(3,24)25)16-6-4-5-15(20)13-16)19(23)21-11-12-27-18-9-7-17(26-2)8-10-18/h4-10,13-14H,11-12H2,1-3H3,(H,21,23)/t14-/m0/s1. The van der Waals surface area contributed by atoms with Crippen LogP contribution in [0.25, 0.3) is 0 Å². The van der Waals surface area contributed by atoms with Crippen molar-refractivity contribution in [3.8, 4) is 11.5 Å². The van der Waals surface area contributed by atoms with Gasteiger partial charge in [0.25, 0.3) is 0 Å². The van der Waals surface area contributed by atoms with Gasteiger partial charge >= 0.3 is 0 Å². The number of ether oxygens (including phenoxy) is 2. The van der Waals surface area contributed by atoms with Gasteiger partial charge in [-0.1, -0.05) is 17.7 Å². The van der Waals surface area contributed by atoms with Crippen molar-refractivity contribution in [1.82, 2.24) is 5.32 Å². The van der Waals surface area contributed by atoms with Crippen LogP contribution in [0.2, 0.25) is 5.02 Å². The van der Waals surface area contributed by atoms with Crippen LogP contribution in [0.15, 0.2) is 48.5 Å². The van der Waals surface area contributed by atoms with E-state index in [9.17, 15) is 13.2 Å². The molecule has 0 unspecified atom stereocenters. The first-order valence-corrected chi connectivity index (χ1v) is 10.7. The molecule has 7 nitrogen and oxygen atoms in total. The van der Waals surface area contributed by atoms with Crippen molar-refractivity contribution in [2.45, 2.75) is 13.0 Å². The highest BCUT2D eigenvalue weighted by Gasteiger charge is 2.29. The van der Waals surface area contributed by atoms with E-state index >= 15 is 0 Å². The lowest BCUT2D eigenvalue weighted by Crippen LogP contribution is -2.48. The van der Waals surface area contributed by atoms with Crippen LogP contribution in [0, 0.1) is 0 Å². The second-order valence-electron chi connectivity index (χ2n) is 6.03. The second-order valence-corrected chi connectivity index (χ2v) is 8.33. The van der Waals surface area contributed by atoms with E-state index in [1.165, 1.54) is 13.0 Å². The highest BCUT2D eigenvalue weighted by molar-refractivity contribution is 7.92. The van der Waals surface area contributed by atoms with Crippen LogP contribution < -0.4 is 19.1 Å². The van der Waals surface area contributed by atoms with Crippen molar-refractivity contribution in [2.75, 3.05) is 30.8 Å². The molecule has 1 amide bonds. The Balaban J connectivity index is 1.95. The first kappa shape index (κ1) is 21.8. The Morgan fingerprint density at radius 1 is 1.18 bits per heavy atom. The summed E-state index contributed by atoms with van der Waals surface area (Å²) in [5.41, 5.74) is 0.326. The summed E-state index contributed by atoms with van der Waals surface area (Å²) in [5, 5.41) is 3.07. The highest BCUT2D eigenvalue weighted by atomic mass is 35.5. The molecule has 0 saturated carbocycles. The number of sulfonamides is 1. The second kappa shape index (κ2) is 9.66. The molecule has 9 heteroatoms. The van der Waals surface area contributed by atoms with Crippen LogP contribution in [0.5, 0.6) is 11.5 Å². The summed E-state index contributed by atoms with van der Waals surface area (Å²) in [7, 11) is -2.11. The van der Waals surface area contributed by atoms with Crippen molar-refractivity contribution >= 4 is 33.2 Å². The number of carbonyl (C=O) groups is 1. The lowest BCUT2D eigenvalue weighted by atomic mass is 10.2. The van der Waals surface area contributed by atoms with Gasteiger partial charge < -0.3 is 14.8 Å². The van der Waals surface area contributed by atoms with Crippen molar-refractivity contribution in [2.24, 2.45) is 0 Å². The van der Waals surface area contributed by atoms with Gasteiger partial charge in [0, 0.05) is 5.02 Å². The first-order valence-electron chi connectivity index (χ1n) is 8.52. The molecule has 28 heavy (non-hydrogen) atoms. The number of hydrogen-bond donors (Lipinski definition) is 1. The Bertz CT molecular complexity index is 903. The summed E-state index contributed by atoms with van der Waals surface area (Å²) in [6.07, 6.45) is 1.05. The van der Waals surface area contributed by atoms with E-state index in [-0.39, 0.29) is 13.2 Å². The van der Waals surface area contributed by atoms with Gasteiger partial charge in [0.15, 0.2) is 0 Å². The number of benzene rings is 2. The molecule has 0 aliphatic rings. The van der Waals surface area contributed by atoms with E-state index < -0.39 is 22.0 Å². The molecule has 2 rings (SSSR count). The number of nitrogens with zero attached hydrogens (tertiary/aromatic N) is 1. The fourth-order valence-electron chi connectivity index (χ4n) is 2.58. The number of nitrogens with one attached hydrogen (secondary N) is 1. The largest absolute Gasteiger partial charge is 0.497 e. The lowest BCUT2D eigenvalue weighted by Gasteiger charge is -2.28. The average molecular weight is 427 g/mol. The van der Waals surface area contributed by atoms with Gasteiger partial charge in [0.2, 0.25) is 15.9 Å². The summed E-state index contributed by atoms with van der Waals surface area (Å²) in [5.74, 6) is 0.917. The molecular formula is C19H23ClN2O5S. The Kier molecular flexibility index (Phi) is 7.53. The molecule has 0 fully saturated rings. The van der Waals surface area contributed by atoms with Crippen molar-refractivity contribution in [1.29, 1.82) is 0 Å². The van der Waals surface area contributed by atoms with Crippen LogP contribution in [0.3, 0.4) is 0 Å². The van der Waals surface area contributed by atoms with Gasteiger partial charge in [-0.3, -0.25) is 9.10 Å². The maximum Gasteiger partial charge on any atom is 0.243 e. The van der Waals surface area contributed by atoms with Gasteiger partial charge in [-0.05, 0) is 49.4 Å². The van der Waals surface area contributed by atoms with Crippen LogP contribution in [-0.4, -0.2) is 46.9 Å². The van der Waals surface area contributed by atoms with Gasteiger partial charge in [-0.25, -0.2) is 8.42 Å². The predicted octanol–water partition coefficient (Wildman–Crippen LogP) is 2.70. The number of rotatable bonds is 9. The van der Waals surface area contributed by atoms with Crippen molar-refractivity contribution < 1.29 is 22.7 Å². The quantitative estimate of drug-likeness (QED) is 0.623. The van der Waals surface area contributed by atoms with E-state index in [1.807, 2.05) is 0 Å². The number of hydrogen-bond acceptors (Lipinski definition) is 5. The molecule has 0 aliphatic carbocycles. The molecule has 0 saturated heterocycles. The van der Waals surface area contributed by atoms with Gasteiger partial charge in [-0.15, -0.1) is 0 Å². The summed E-state index contributed by atoms with van der Waals surface area (Å²) in [6, 6.07) is 12.4. The minimum atomic E-state index is -3.69. The van der Waals surface area contributed by atoms with Crippen LogP contribution in [0.1, 0.15) is 6.92 Å². The zero-order valence-corrected chi connectivity index (χ0v) is 17.5.